The Hall–Kier alpha value is -2.90. The molecule has 2 aromatic rings. The molecule has 30 heavy (non-hydrogen) atoms. The quantitative estimate of drug-likeness (QED) is 0.708. The SMILES string of the molecule is CCOc1ccc(Cl)cc1C(=O)Nc1ccc2c(c1)C(=O)N(CC1CCCO1)C2=O. The minimum atomic E-state index is -0.422. The molecule has 0 aromatic heterocycles. The highest BCUT2D eigenvalue weighted by atomic mass is 35.5. The van der Waals surface area contributed by atoms with Gasteiger partial charge in [-0.05, 0) is 56.2 Å². The van der Waals surface area contributed by atoms with Gasteiger partial charge in [-0.3, -0.25) is 19.3 Å². The fourth-order valence-electron chi connectivity index (χ4n) is 3.69. The normalized spacial score (nSPS) is 17.9. The molecule has 1 saturated heterocycles. The lowest BCUT2D eigenvalue weighted by atomic mass is 10.1. The summed E-state index contributed by atoms with van der Waals surface area (Å²) in [7, 11) is 0. The predicted molar refractivity (Wildman–Crippen MR) is 111 cm³/mol. The second kappa shape index (κ2) is 8.45. The monoisotopic (exact) mass is 428 g/mol. The van der Waals surface area contributed by atoms with E-state index in [-0.39, 0.29) is 35.6 Å². The van der Waals surface area contributed by atoms with Crippen molar-refractivity contribution < 1.29 is 23.9 Å². The summed E-state index contributed by atoms with van der Waals surface area (Å²) in [6.07, 6.45) is 1.64. The van der Waals surface area contributed by atoms with Crippen LogP contribution in [0.4, 0.5) is 5.69 Å². The second-order valence-corrected chi connectivity index (χ2v) is 7.58. The van der Waals surface area contributed by atoms with Gasteiger partial charge in [0.15, 0.2) is 0 Å². The number of imide groups is 1. The van der Waals surface area contributed by atoms with E-state index in [9.17, 15) is 14.4 Å². The largest absolute Gasteiger partial charge is 0.493 e. The summed E-state index contributed by atoms with van der Waals surface area (Å²) in [5.74, 6) is -0.723. The molecule has 0 bridgehead atoms. The van der Waals surface area contributed by atoms with Crippen molar-refractivity contribution >= 4 is 35.0 Å². The van der Waals surface area contributed by atoms with Crippen LogP contribution in [0.25, 0.3) is 0 Å². The molecule has 1 atom stereocenters. The maximum Gasteiger partial charge on any atom is 0.261 e. The number of nitrogens with zero attached hydrogens (tertiary/aromatic N) is 1. The van der Waals surface area contributed by atoms with Crippen LogP contribution in [-0.2, 0) is 4.74 Å². The van der Waals surface area contributed by atoms with Crippen LogP contribution in [0, 0.1) is 0 Å². The average molecular weight is 429 g/mol. The van der Waals surface area contributed by atoms with Crippen molar-refractivity contribution in [2.45, 2.75) is 25.9 Å². The van der Waals surface area contributed by atoms with E-state index in [4.69, 9.17) is 21.1 Å². The fraction of sp³-hybridized carbons (Fsp3) is 0.318. The number of rotatable bonds is 6. The molecule has 3 amide bonds. The Kier molecular flexibility index (Phi) is 5.74. The highest BCUT2D eigenvalue weighted by Crippen LogP contribution is 2.29. The van der Waals surface area contributed by atoms with Crippen LogP contribution < -0.4 is 10.1 Å². The number of hydrogen-bond acceptors (Lipinski definition) is 5. The van der Waals surface area contributed by atoms with Crippen molar-refractivity contribution in [2.24, 2.45) is 0 Å². The first-order chi connectivity index (χ1) is 14.5. The van der Waals surface area contributed by atoms with Crippen molar-refractivity contribution in [3.63, 3.8) is 0 Å². The van der Waals surface area contributed by atoms with E-state index in [0.717, 1.165) is 12.8 Å². The summed E-state index contributed by atoms with van der Waals surface area (Å²) in [5.41, 5.74) is 1.29. The summed E-state index contributed by atoms with van der Waals surface area (Å²) in [4.78, 5) is 39.4. The van der Waals surface area contributed by atoms with Gasteiger partial charge in [-0.15, -0.1) is 0 Å². The Morgan fingerprint density at radius 2 is 2.00 bits per heavy atom. The smallest absolute Gasteiger partial charge is 0.261 e. The number of benzene rings is 2. The van der Waals surface area contributed by atoms with Gasteiger partial charge in [0, 0.05) is 17.3 Å². The van der Waals surface area contributed by atoms with Gasteiger partial charge in [-0.25, -0.2) is 0 Å². The van der Waals surface area contributed by atoms with E-state index in [1.54, 1.807) is 24.3 Å². The van der Waals surface area contributed by atoms with Crippen LogP contribution in [0.5, 0.6) is 5.75 Å². The zero-order chi connectivity index (χ0) is 21.3. The molecule has 4 rings (SSSR count). The summed E-state index contributed by atoms with van der Waals surface area (Å²) >= 11 is 6.03. The lowest BCUT2D eigenvalue weighted by Gasteiger charge is -2.17. The van der Waals surface area contributed by atoms with Crippen LogP contribution in [0.3, 0.4) is 0 Å². The fourth-order valence-corrected chi connectivity index (χ4v) is 3.86. The molecule has 156 valence electrons. The summed E-state index contributed by atoms with van der Waals surface area (Å²) in [5, 5.41) is 3.16. The minimum Gasteiger partial charge on any atom is -0.493 e. The molecule has 1 unspecified atom stereocenters. The number of hydrogen-bond donors (Lipinski definition) is 1. The van der Waals surface area contributed by atoms with Crippen molar-refractivity contribution in [3.05, 3.63) is 58.1 Å². The Labute approximate surface area is 178 Å². The number of amides is 3. The summed E-state index contributed by atoms with van der Waals surface area (Å²) < 4.78 is 11.0. The third-order valence-electron chi connectivity index (χ3n) is 5.12. The molecular weight excluding hydrogens is 408 g/mol. The Morgan fingerprint density at radius 1 is 1.20 bits per heavy atom. The number of carbonyl (C=O) groups excluding carboxylic acids is 3. The second-order valence-electron chi connectivity index (χ2n) is 7.14. The maximum absolute atomic E-state index is 12.8. The molecule has 7 nitrogen and oxygen atoms in total. The van der Waals surface area contributed by atoms with Gasteiger partial charge >= 0.3 is 0 Å². The van der Waals surface area contributed by atoms with Gasteiger partial charge in [0.05, 0.1) is 35.9 Å². The Morgan fingerprint density at radius 3 is 2.73 bits per heavy atom. The molecule has 0 radical (unpaired) electrons. The van der Waals surface area contributed by atoms with E-state index < -0.39 is 5.91 Å². The van der Waals surface area contributed by atoms with Crippen LogP contribution >= 0.6 is 11.6 Å². The van der Waals surface area contributed by atoms with Crippen LogP contribution in [0.2, 0.25) is 5.02 Å². The number of nitrogens with one attached hydrogen (secondary N) is 1. The molecule has 2 heterocycles. The minimum absolute atomic E-state index is 0.119. The molecule has 8 heteroatoms. The standard InChI is InChI=1S/C22H21ClN2O5/c1-2-29-19-8-5-13(23)10-18(19)20(26)24-14-6-7-16-17(11-14)22(28)25(21(16)27)12-15-4-3-9-30-15/h5-8,10-11,15H,2-4,9,12H2,1H3,(H,24,26). The highest BCUT2D eigenvalue weighted by molar-refractivity contribution is 6.31. The lowest BCUT2D eigenvalue weighted by Crippen LogP contribution is -2.36. The van der Waals surface area contributed by atoms with Crippen LogP contribution in [0.1, 0.15) is 50.8 Å². The number of ether oxygens (including phenoxy) is 2. The topological polar surface area (TPSA) is 84.9 Å². The molecule has 0 spiro atoms. The summed E-state index contributed by atoms with van der Waals surface area (Å²) in [6, 6.07) is 9.48. The van der Waals surface area contributed by atoms with E-state index in [1.807, 2.05) is 6.92 Å². The Balaban J connectivity index is 1.54. The lowest BCUT2D eigenvalue weighted by molar-refractivity contribution is 0.0475. The first-order valence-corrected chi connectivity index (χ1v) is 10.2. The number of halogens is 1. The molecule has 2 aliphatic rings. The van der Waals surface area contributed by atoms with Crippen LogP contribution in [0.15, 0.2) is 36.4 Å². The first kappa shape index (κ1) is 20.4. The highest BCUT2D eigenvalue weighted by Gasteiger charge is 2.37. The van der Waals surface area contributed by atoms with Crippen LogP contribution in [-0.4, -0.2) is 48.5 Å². The zero-order valence-corrected chi connectivity index (χ0v) is 17.2. The third kappa shape index (κ3) is 3.91. The first-order valence-electron chi connectivity index (χ1n) is 9.83. The van der Waals surface area contributed by atoms with Gasteiger partial charge in [0.2, 0.25) is 0 Å². The molecule has 1 fully saturated rings. The Bertz CT molecular complexity index is 1020. The predicted octanol–water partition coefficient (Wildman–Crippen LogP) is 3.77. The molecule has 2 aliphatic heterocycles. The molecule has 1 N–H and O–H groups in total. The van der Waals surface area contributed by atoms with E-state index in [2.05, 4.69) is 5.32 Å². The van der Waals surface area contributed by atoms with E-state index in [0.29, 0.717) is 35.2 Å². The zero-order valence-electron chi connectivity index (χ0n) is 16.4. The van der Waals surface area contributed by atoms with Crippen molar-refractivity contribution in [2.75, 3.05) is 25.1 Å². The number of anilines is 1. The van der Waals surface area contributed by atoms with Gasteiger partial charge in [0.25, 0.3) is 17.7 Å². The number of carbonyl (C=O) groups is 3. The van der Waals surface area contributed by atoms with Crippen molar-refractivity contribution in [1.82, 2.24) is 4.90 Å². The van der Waals surface area contributed by atoms with Crippen molar-refractivity contribution in [1.29, 1.82) is 0 Å². The van der Waals surface area contributed by atoms with E-state index >= 15 is 0 Å². The van der Waals surface area contributed by atoms with Gasteiger partial charge in [-0.2, -0.15) is 0 Å². The van der Waals surface area contributed by atoms with E-state index in [1.165, 1.54) is 17.0 Å². The molecule has 2 aromatic carbocycles. The third-order valence-corrected chi connectivity index (χ3v) is 5.36. The molecule has 0 saturated carbocycles. The van der Waals surface area contributed by atoms with Gasteiger partial charge in [0.1, 0.15) is 5.75 Å². The van der Waals surface area contributed by atoms with Gasteiger partial charge < -0.3 is 14.8 Å². The maximum atomic E-state index is 12.8. The summed E-state index contributed by atoms with van der Waals surface area (Å²) in [6.45, 7) is 3.12. The average Bonchev–Trinajstić information content (AvgIpc) is 3.32. The molecular formula is C22H21ClN2O5. The number of fused-ring (bicyclic) bond motifs is 1. The van der Waals surface area contributed by atoms with Crippen molar-refractivity contribution in [3.8, 4) is 5.75 Å². The van der Waals surface area contributed by atoms with Gasteiger partial charge in [-0.1, -0.05) is 11.6 Å². The molecule has 0 aliphatic carbocycles.